The Balaban J connectivity index is 2.43. The first-order chi connectivity index (χ1) is 6.68. The Kier molecular flexibility index (Phi) is 2.25. The Morgan fingerprint density at radius 1 is 1.36 bits per heavy atom. The van der Waals surface area contributed by atoms with E-state index in [0.29, 0.717) is 6.04 Å². The number of rotatable bonds is 2. The van der Waals surface area contributed by atoms with Crippen molar-refractivity contribution in [2.24, 2.45) is 0 Å². The Hall–Kier alpha value is -1.35. The molecule has 0 aliphatic heterocycles. The molecule has 0 saturated heterocycles. The molecule has 0 N–H and O–H groups in total. The van der Waals surface area contributed by atoms with Gasteiger partial charge in [-0.15, -0.1) is 0 Å². The molecule has 1 unspecified atom stereocenters. The third-order valence-electron chi connectivity index (χ3n) is 2.61. The van der Waals surface area contributed by atoms with E-state index in [-0.39, 0.29) is 0 Å². The Morgan fingerprint density at radius 2 is 2.14 bits per heavy atom. The van der Waals surface area contributed by atoms with Crippen molar-refractivity contribution in [1.29, 1.82) is 0 Å². The molecule has 0 bridgehead atoms. The van der Waals surface area contributed by atoms with Gasteiger partial charge in [0.25, 0.3) is 0 Å². The standard InChI is InChI=1S/C11H14N2O/c1-8(13(2)3)9-4-5-10-11(6-9)14-7-12-10/h4-8H,1-3H3. The highest BCUT2D eigenvalue weighted by molar-refractivity contribution is 5.72. The molecule has 3 nitrogen and oxygen atoms in total. The maximum Gasteiger partial charge on any atom is 0.181 e. The number of benzene rings is 1. The molecule has 14 heavy (non-hydrogen) atoms. The van der Waals surface area contributed by atoms with Crippen molar-refractivity contribution in [2.75, 3.05) is 14.1 Å². The smallest absolute Gasteiger partial charge is 0.181 e. The summed E-state index contributed by atoms with van der Waals surface area (Å²) in [5.74, 6) is 0. The molecular formula is C11H14N2O. The van der Waals surface area contributed by atoms with E-state index in [1.165, 1.54) is 12.0 Å². The molecule has 1 heterocycles. The van der Waals surface area contributed by atoms with Gasteiger partial charge in [0, 0.05) is 6.04 Å². The van der Waals surface area contributed by atoms with Crippen LogP contribution < -0.4 is 0 Å². The van der Waals surface area contributed by atoms with Crippen LogP contribution in [0.2, 0.25) is 0 Å². The van der Waals surface area contributed by atoms with Gasteiger partial charge in [0.15, 0.2) is 12.0 Å². The van der Waals surface area contributed by atoms with Crippen LogP contribution in [-0.2, 0) is 0 Å². The fourth-order valence-electron chi connectivity index (χ4n) is 1.43. The Morgan fingerprint density at radius 3 is 2.86 bits per heavy atom. The zero-order valence-electron chi connectivity index (χ0n) is 8.69. The summed E-state index contributed by atoms with van der Waals surface area (Å²) >= 11 is 0. The second-order valence-electron chi connectivity index (χ2n) is 3.72. The fraction of sp³-hybridized carbons (Fsp3) is 0.364. The summed E-state index contributed by atoms with van der Waals surface area (Å²) < 4.78 is 5.26. The highest BCUT2D eigenvalue weighted by Crippen LogP contribution is 2.21. The molecule has 2 aromatic rings. The van der Waals surface area contributed by atoms with Crippen molar-refractivity contribution in [3.8, 4) is 0 Å². The van der Waals surface area contributed by atoms with Gasteiger partial charge in [0.1, 0.15) is 5.52 Å². The molecule has 1 aromatic carbocycles. The van der Waals surface area contributed by atoms with E-state index >= 15 is 0 Å². The maximum atomic E-state index is 5.26. The molecule has 74 valence electrons. The lowest BCUT2D eigenvalue weighted by Crippen LogP contribution is -2.16. The average molecular weight is 190 g/mol. The van der Waals surface area contributed by atoms with Gasteiger partial charge in [-0.05, 0) is 38.7 Å². The highest BCUT2D eigenvalue weighted by Gasteiger charge is 2.09. The van der Waals surface area contributed by atoms with E-state index in [9.17, 15) is 0 Å². The van der Waals surface area contributed by atoms with E-state index in [1.54, 1.807) is 0 Å². The molecule has 1 atom stereocenters. The van der Waals surface area contributed by atoms with Crippen LogP contribution in [0.15, 0.2) is 29.0 Å². The number of oxazole rings is 1. The fourth-order valence-corrected chi connectivity index (χ4v) is 1.43. The Labute approximate surface area is 83.3 Å². The third-order valence-corrected chi connectivity index (χ3v) is 2.61. The quantitative estimate of drug-likeness (QED) is 0.728. The van der Waals surface area contributed by atoms with Gasteiger partial charge in [0.05, 0.1) is 0 Å². The molecule has 0 saturated carbocycles. The van der Waals surface area contributed by atoms with Crippen LogP contribution in [0, 0.1) is 0 Å². The van der Waals surface area contributed by atoms with Crippen LogP contribution in [0.5, 0.6) is 0 Å². The van der Waals surface area contributed by atoms with Gasteiger partial charge in [0.2, 0.25) is 0 Å². The van der Waals surface area contributed by atoms with Crippen molar-refractivity contribution >= 4 is 11.1 Å². The lowest BCUT2D eigenvalue weighted by atomic mass is 10.1. The molecule has 1 aromatic heterocycles. The number of nitrogens with zero attached hydrogens (tertiary/aromatic N) is 2. The lowest BCUT2D eigenvalue weighted by molar-refractivity contribution is 0.321. The van der Waals surface area contributed by atoms with Crippen LogP contribution in [0.3, 0.4) is 0 Å². The van der Waals surface area contributed by atoms with E-state index in [4.69, 9.17) is 4.42 Å². The largest absolute Gasteiger partial charge is 0.443 e. The summed E-state index contributed by atoms with van der Waals surface area (Å²) in [5.41, 5.74) is 3.02. The van der Waals surface area contributed by atoms with Crippen LogP contribution in [0.1, 0.15) is 18.5 Å². The van der Waals surface area contributed by atoms with E-state index in [1.807, 2.05) is 12.1 Å². The summed E-state index contributed by atoms with van der Waals surface area (Å²) in [6.45, 7) is 2.16. The number of hydrogen-bond donors (Lipinski definition) is 0. The minimum atomic E-state index is 0.393. The third kappa shape index (κ3) is 1.51. The van der Waals surface area contributed by atoms with E-state index < -0.39 is 0 Å². The Bertz CT molecular complexity index is 434. The summed E-state index contributed by atoms with van der Waals surface area (Å²) in [6.07, 6.45) is 1.48. The lowest BCUT2D eigenvalue weighted by Gasteiger charge is -2.19. The average Bonchev–Trinajstić information content (AvgIpc) is 2.62. The molecule has 2 rings (SSSR count). The van der Waals surface area contributed by atoms with E-state index in [2.05, 4.69) is 37.0 Å². The first-order valence-electron chi connectivity index (χ1n) is 4.68. The minimum absolute atomic E-state index is 0.393. The summed E-state index contributed by atoms with van der Waals surface area (Å²) in [6, 6.07) is 6.53. The first-order valence-corrected chi connectivity index (χ1v) is 4.68. The molecule has 3 heteroatoms. The monoisotopic (exact) mass is 190 g/mol. The molecule has 0 spiro atoms. The van der Waals surface area contributed by atoms with Crippen LogP contribution in [-0.4, -0.2) is 24.0 Å². The van der Waals surface area contributed by atoms with Gasteiger partial charge < -0.3 is 9.32 Å². The number of aromatic nitrogens is 1. The zero-order chi connectivity index (χ0) is 10.1. The number of fused-ring (bicyclic) bond motifs is 1. The normalized spacial score (nSPS) is 13.7. The SMILES string of the molecule is CC(c1ccc2ncoc2c1)N(C)C. The van der Waals surface area contributed by atoms with Crippen LogP contribution >= 0.6 is 0 Å². The molecule has 0 aliphatic carbocycles. The van der Waals surface area contributed by atoms with Crippen molar-refractivity contribution in [2.45, 2.75) is 13.0 Å². The predicted molar refractivity (Wildman–Crippen MR) is 56.1 cm³/mol. The van der Waals surface area contributed by atoms with Gasteiger partial charge >= 0.3 is 0 Å². The van der Waals surface area contributed by atoms with Gasteiger partial charge in [-0.3, -0.25) is 0 Å². The predicted octanol–water partition coefficient (Wildman–Crippen LogP) is 2.45. The van der Waals surface area contributed by atoms with Crippen molar-refractivity contribution < 1.29 is 4.42 Å². The molecule has 0 amide bonds. The van der Waals surface area contributed by atoms with Crippen molar-refractivity contribution in [3.05, 3.63) is 30.2 Å². The van der Waals surface area contributed by atoms with Crippen molar-refractivity contribution in [3.63, 3.8) is 0 Å². The first kappa shape index (κ1) is 9.21. The van der Waals surface area contributed by atoms with Crippen molar-refractivity contribution in [1.82, 2.24) is 9.88 Å². The van der Waals surface area contributed by atoms with Crippen LogP contribution in [0.4, 0.5) is 0 Å². The summed E-state index contributed by atoms with van der Waals surface area (Å²) in [4.78, 5) is 6.25. The van der Waals surface area contributed by atoms with Gasteiger partial charge in [-0.2, -0.15) is 0 Å². The summed E-state index contributed by atoms with van der Waals surface area (Å²) in [5, 5.41) is 0. The molecule has 0 fully saturated rings. The second-order valence-corrected chi connectivity index (χ2v) is 3.72. The maximum absolute atomic E-state index is 5.26. The van der Waals surface area contributed by atoms with E-state index in [0.717, 1.165) is 11.1 Å². The van der Waals surface area contributed by atoms with Gasteiger partial charge in [-0.1, -0.05) is 6.07 Å². The topological polar surface area (TPSA) is 29.3 Å². The minimum Gasteiger partial charge on any atom is -0.443 e. The van der Waals surface area contributed by atoms with Crippen LogP contribution in [0.25, 0.3) is 11.1 Å². The van der Waals surface area contributed by atoms with Gasteiger partial charge in [-0.25, -0.2) is 4.98 Å². The molecular weight excluding hydrogens is 176 g/mol. The summed E-state index contributed by atoms with van der Waals surface area (Å²) in [7, 11) is 4.13. The molecule has 0 radical (unpaired) electrons. The second kappa shape index (κ2) is 3.42. The molecule has 0 aliphatic rings. The number of hydrogen-bond acceptors (Lipinski definition) is 3. The zero-order valence-corrected chi connectivity index (χ0v) is 8.69. The highest BCUT2D eigenvalue weighted by atomic mass is 16.3.